The maximum absolute atomic E-state index is 12.5. The minimum atomic E-state index is -1.13. The standard InChI is InChI=1S/C15H18N2O5S/c1-2-22-11-6-4-3-5-10(11)17-13(18)7-12(14(17)19)23-8-9(16)15(20)21/h3-6,9,12H,2,7-8,16H2,1H3,(H,20,21)/t9-,12-/m0/s1. The van der Waals surface area contributed by atoms with Crippen LogP contribution in [0.25, 0.3) is 0 Å². The number of carboxylic acid groups (broad SMARTS) is 1. The van der Waals surface area contributed by atoms with Crippen molar-refractivity contribution in [1.29, 1.82) is 0 Å². The summed E-state index contributed by atoms with van der Waals surface area (Å²) in [4.78, 5) is 36.6. The predicted octanol–water partition coefficient (Wildman–Crippen LogP) is 0.862. The predicted molar refractivity (Wildman–Crippen MR) is 86.6 cm³/mol. The quantitative estimate of drug-likeness (QED) is 0.710. The first-order valence-corrected chi connectivity index (χ1v) is 8.19. The summed E-state index contributed by atoms with van der Waals surface area (Å²) in [5, 5.41) is 8.16. The van der Waals surface area contributed by atoms with E-state index in [-0.39, 0.29) is 24.0 Å². The van der Waals surface area contributed by atoms with Crippen molar-refractivity contribution in [2.24, 2.45) is 5.73 Å². The van der Waals surface area contributed by atoms with Crippen molar-refractivity contribution in [2.75, 3.05) is 17.3 Å². The first-order chi connectivity index (χ1) is 11.0. The van der Waals surface area contributed by atoms with Gasteiger partial charge in [-0.15, -0.1) is 11.8 Å². The summed E-state index contributed by atoms with van der Waals surface area (Å²) in [5.74, 6) is -1.30. The Morgan fingerprint density at radius 1 is 1.48 bits per heavy atom. The summed E-state index contributed by atoms with van der Waals surface area (Å²) in [6.45, 7) is 2.23. The number of nitrogens with two attached hydrogens (primary N) is 1. The van der Waals surface area contributed by atoms with Crippen molar-refractivity contribution in [3.05, 3.63) is 24.3 Å². The van der Waals surface area contributed by atoms with Crippen LogP contribution in [-0.2, 0) is 14.4 Å². The van der Waals surface area contributed by atoms with E-state index < -0.39 is 17.3 Å². The number of carbonyl (C=O) groups is 3. The molecular weight excluding hydrogens is 320 g/mol. The number of imide groups is 1. The lowest BCUT2D eigenvalue weighted by molar-refractivity contribution is -0.138. The highest BCUT2D eigenvalue weighted by atomic mass is 32.2. The highest BCUT2D eigenvalue weighted by Gasteiger charge is 2.41. The van der Waals surface area contributed by atoms with Gasteiger partial charge >= 0.3 is 5.97 Å². The molecule has 0 aliphatic carbocycles. The molecule has 1 aliphatic rings. The van der Waals surface area contributed by atoms with Crippen LogP contribution in [0.2, 0.25) is 0 Å². The zero-order valence-electron chi connectivity index (χ0n) is 12.6. The van der Waals surface area contributed by atoms with Gasteiger partial charge in [-0.2, -0.15) is 0 Å². The molecule has 7 nitrogen and oxygen atoms in total. The SMILES string of the molecule is CCOc1ccccc1N1C(=O)C[C@H](SC[C@H](N)C(=O)O)C1=O. The number of rotatable bonds is 7. The minimum Gasteiger partial charge on any atom is -0.492 e. The molecule has 0 radical (unpaired) electrons. The van der Waals surface area contributed by atoms with Gasteiger partial charge in [-0.25, -0.2) is 4.90 Å². The van der Waals surface area contributed by atoms with Gasteiger partial charge in [0.05, 0.1) is 17.5 Å². The number of anilines is 1. The van der Waals surface area contributed by atoms with Crippen LogP contribution in [-0.4, -0.2) is 46.5 Å². The number of para-hydroxylation sites is 2. The van der Waals surface area contributed by atoms with Gasteiger partial charge in [0.2, 0.25) is 11.8 Å². The van der Waals surface area contributed by atoms with Crippen molar-refractivity contribution in [1.82, 2.24) is 0 Å². The molecule has 0 unspecified atom stereocenters. The number of benzene rings is 1. The molecule has 8 heteroatoms. The zero-order valence-corrected chi connectivity index (χ0v) is 13.4. The first kappa shape index (κ1) is 17.3. The second-order valence-corrected chi connectivity index (χ2v) is 6.17. The van der Waals surface area contributed by atoms with Gasteiger partial charge in [0, 0.05) is 12.2 Å². The van der Waals surface area contributed by atoms with Crippen LogP contribution in [0.4, 0.5) is 5.69 Å². The fourth-order valence-electron chi connectivity index (χ4n) is 2.20. The maximum Gasteiger partial charge on any atom is 0.321 e. The van der Waals surface area contributed by atoms with E-state index >= 15 is 0 Å². The third kappa shape index (κ3) is 3.83. The summed E-state index contributed by atoms with van der Waals surface area (Å²) in [5.41, 5.74) is 5.85. The zero-order chi connectivity index (χ0) is 17.0. The number of amides is 2. The molecule has 3 N–H and O–H groups in total. The lowest BCUT2D eigenvalue weighted by Crippen LogP contribution is -2.35. The molecule has 1 aliphatic heterocycles. The molecule has 23 heavy (non-hydrogen) atoms. The lowest BCUT2D eigenvalue weighted by Gasteiger charge is -2.18. The Morgan fingerprint density at radius 2 is 2.17 bits per heavy atom. The van der Waals surface area contributed by atoms with E-state index in [2.05, 4.69) is 0 Å². The number of ether oxygens (including phenoxy) is 1. The van der Waals surface area contributed by atoms with Crippen molar-refractivity contribution in [3.63, 3.8) is 0 Å². The van der Waals surface area contributed by atoms with Crippen molar-refractivity contribution < 1.29 is 24.2 Å². The molecule has 2 amide bonds. The van der Waals surface area contributed by atoms with Crippen LogP contribution in [0.3, 0.4) is 0 Å². The summed E-state index contributed by atoms with van der Waals surface area (Å²) >= 11 is 1.09. The third-order valence-corrected chi connectivity index (χ3v) is 4.63. The van der Waals surface area contributed by atoms with Crippen LogP contribution in [0.5, 0.6) is 5.75 Å². The number of carboxylic acids is 1. The van der Waals surface area contributed by atoms with E-state index in [1.807, 2.05) is 6.92 Å². The van der Waals surface area contributed by atoms with E-state index in [0.717, 1.165) is 16.7 Å². The van der Waals surface area contributed by atoms with Gasteiger partial charge in [0.1, 0.15) is 11.8 Å². The molecule has 124 valence electrons. The summed E-state index contributed by atoms with van der Waals surface area (Å²) < 4.78 is 5.46. The number of nitrogens with zero attached hydrogens (tertiary/aromatic N) is 1. The molecule has 1 heterocycles. The van der Waals surface area contributed by atoms with Gasteiger partial charge in [-0.3, -0.25) is 14.4 Å². The van der Waals surface area contributed by atoms with Crippen LogP contribution in [0, 0.1) is 0 Å². The van der Waals surface area contributed by atoms with Crippen LogP contribution >= 0.6 is 11.8 Å². The Kier molecular flexibility index (Phi) is 5.62. The molecule has 0 bridgehead atoms. The molecule has 2 atom stereocenters. The lowest BCUT2D eigenvalue weighted by atomic mass is 10.2. The van der Waals surface area contributed by atoms with Crippen LogP contribution in [0.1, 0.15) is 13.3 Å². The van der Waals surface area contributed by atoms with E-state index in [4.69, 9.17) is 15.6 Å². The maximum atomic E-state index is 12.5. The van der Waals surface area contributed by atoms with Gasteiger partial charge in [-0.1, -0.05) is 12.1 Å². The normalized spacial score (nSPS) is 19.0. The second kappa shape index (κ2) is 7.47. The highest BCUT2D eigenvalue weighted by molar-refractivity contribution is 8.00. The highest BCUT2D eigenvalue weighted by Crippen LogP contribution is 2.35. The van der Waals surface area contributed by atoms with Gasteiger partial charge in [-0.05, 0) is 19.1 Å². The Labute approximate surface area is 137 Å². The third-order valence-electron chi connectivity index (χ3n) is 3.31. The molecule has 1 aromatic rings. The molecule has 0 saturated carbocycles. The van der Waals surface area contributed by atoms with E-state index in [9.17, 15) is 14.4 Å². The van der Waals surface area contributed by atoms with Gasteiger partial charge < -0.3 is 15.6 Å². The number of carbonyl (C=O) groups excluding carboxylic acids is 2. The fraction of sp³-hybridized carbons (Fsp3) is 0.400. The first-order valence-electron chi connectivity index (χ1n) is 7.14. The monoisotopic (exact) mass is 338 g/mol. The van der Waals surface area contributed by atoms with Gasteiger partial charge in [0.25, 0.3) is 0 Å². The fourth-order valence-corrected chi connectivity index (χ4v) is 3.29. The summed E-state index contributed by atoms with van der Waals surface area (Å²) in [6.07, 6.45) is 0.0241. The van der Waals surface area contributed by atoms with Crippen molar-refractivity contribution in [3.8, 4) is 5.75 Å². The molecule has 1 saturated heterocycles. The molecule has 1 aromatic carbocycles. The van der Waals surface area contributed by atoms with Gasteiger partial charge in [0.15, 0.2) is 0 Å². The summed E-state index contributed by atoms with van der Waals surface area (Å²) in [6, 6.07) is 5.76. The molecule has 2 rings (SSSR count). The summed E-state index contributed by atoms with van der Waals surface area (Å²) in [7, 11) is 0. The average Bonchev–Trinajstić information content (AvgIpc) is 2.80. The number of hydrogen-bond donors (Lipinski definition) is 2. The van der Waals surface area contributed by atoms with E-state index in [0.29, 0.717) is 18.0 Å². The minimum absolute atomic E-state index is 0.0241. The Balaban J connectivity index is 2.14. The van der Waals surface area contributed by atoms with E-state index in [1.165, 1.54) is 0 Å². The van der Waals surface area contributed by atoms with Crippen LogP contribution in [0.15, 0.2) is 24.3 Å². The van der Waals surface area contributed by atoms with E-state index in [1.54, 1.807) is 24.3 Å². The number of hydrogen-bond acceptors (Lipinski definition) is 6. The van der Waals surface area contributed by atoms with Crippen molar-refractivity contribution in [2.45, 2.75) is 24.6 Å². The Bertz CT molecular complexity index is 622. The van der Waals surface area contributed by atoms with Crippen LogP contribution < -0.4 is 15.4 Å². The topological polar surface area (TPSA) is 110 Å². The largest absolute Gasteiger partial charge is 0.492 e. The number of thioether (sulfide) groups is 1. The molecule has 1 fully saturated rings. The molecular formula is C15H18N2O5S. The molecule has 0 aromatic heterocycles. The second-order valence-electron chi connectivity index (χ2n) is 4.94. The van der Waals surface area contributed by atoms with Crippen molar-refractivity contribution >= 4 is 35.2 Å². The average molecular weight is 338 g/mol. The Hall–Kier alpha value is -2.06. The number of aliphatic carboxylic acids is 1. The Morgan fingerprint density at radius 3 is 2.83 bits per heavy atom. The molecule has 0 spiro atoms. The smallest absolute Gasteiger partial charge is 0.321 e.